The molecule has 0 bridgehead atoms. The highest BCUT2D eigenvalue weighted by Gasteiger charge is 2.13. The summed E-state index contributed by atoms with van der Waals surface area (Å²) in [6, 6.07) is 0. The summed E-state index contributed by atoms with van der Waals surface area (Å²) >= 11 is 0. The predicted octanol–water partition coefficient (Wildman–Crippen LogP) is 1.76. The lowest BCUT2D eigenvalue weighted by Crippen LogP contribution is -2.14. The Labute approximate surface area is 68.6 Å². The summed E-state index contributed by atoms with van der Waals surface area (Å²) in [5.41, 5.74) is 0. The van der Waals surface area contributed by atoms with Crippen LogP contribution in [0.25, 0.3) is 0 Å². The van der Waals surface area contributed by atoms with E-state index in [1.54, 1.807) is 0 Å². The van der Waals surface area contributed by atoms with Crippen LogP contribution in [0.4, 0.5) is 0 Å². The molecule has 0 aromatic carbocycles. The van der Waals surface area contributed by atoms with Gasteiger partial charge in [0.15, 0.2) is 0 Å². The minimum absolute atomic E-state index is 0.0972. The zero-order valence-corrected chi connectivity index (χ0v) is 7.47. The van der Waals surface area contributed by atoms with Crippen LogP contribution in [0.15, 0.2) is 0 Å². The molecule has 0 rings (SSSR count). The number of ketones is 1. The highest BCUT2D eigenvalue weighted by Crippen LogP contribution is 2.11. The van der Waals surface area contributed by atoms with Crippen molar-refractivity contribution >= 4 is 5.78 Å². The molecule has 0 fully saturated rings. The van der Waals surface area contributed by atoms with Crippen LogP contribution in [0.5, 0.6) is 0 Å². The summed E-state index contributed by atoms with van der Waals surface area (Å²) in [6.07, 6.45) is 3.08. The van der Waals surface area contributed by atoms with Gasteiger partial charge in [-0.05, 0) is 19.3 Å². The quantitative estimate of drug-likeness (QED) is 0.639. The lowest BCUT2D eigenvalue weighted by Gasteiger charge is -2.10. The zero-order chi connectivity index (χ0) is 8.69. The molecular weight excluding hydrogens is 140 g/mol. The summed E-state index contributed by atoms with van der Waals surface area (Å²) in [5, 5.41) is 8.63. The molecule has 0 aliphatic carbocycles. The van der Waals surface area contributed by atoms with Crippen molar-refractivity contribution in [3.8, 4) is 0 Å². The number of carbonyl (C=O) groups is 1. The minimum atomic E-state index is 0.0972. The molecule has 0 aliphatic rings. The lowest BCUT2D eigenvalue weighted by atomic mass is 9.95. The molecule has 1 atom stereocenters. The van der Waals surface area contributed by atoms with E-state index in [0.29, 0.717) is 18.6 Å². The van der Waals surface area contributed by atoms with Gasteiger partial charge in [-0.2, -0.15) is 0 Å². The van der Waals surface area contributed by atoms with E-state index in [2.05, 4.69) is 0 Å². The molecule has 0 aromatic rings. The molecule has 0 aliphatic heterocycles. The summed E-state index contributed by atoms with van der Waals surface area (Å²) < 4.78 is 0. The Morgan fingerprint density at radius 1 is 1.45 bits per heavy atom. The Morgan fingerprint density at radius 3 is 2.45 bits per heavy atom. The van der Waals surface area contributed by atoms with E-state index in [-0.39, 0.29) is 12.5 Å². The predicted molar refractivity (Wildman–Crippen MR) is 45.4 cm³/mol. The lowest BCUT2D eigenvalue weighted by molar-refractivity contribution is -0.123. The molecule has 2 heteroatoms. The maximum Gasteiger partial charge on any atom is 0.136 e. The highest BCUT2D eigenvalue weighted by atomic mass is 16.3. The van der Waals surface area contributed by atoms with Crippen molar-refractivity contribution in [1.29, 1.82) is 0 Å². The Balaban J connectivity index is 3.71. The zero-order valence-electron chi connectivity index (χ0n) is 7.47. The van der Waals surface area contributed by atoms with Crippen LogP contribution < -0.4 is 0 Å². The van der Waals surface area contributed by atoms with E-state index in [0.717, 1.165) is 12.8 Å². The van der Waals surface area contributed by atoms with Crippen LogP contribution in [-0.4, -0.2) is 17.5 Å². The molecule has 0 saturated heterocycles. The van der Waals surface area contributed by atoms with Gasteiger partial charge in [-0.3, -0.25) is 4.79 Å². The summed E-state index contributed by atoms with van der Waals surface area (Å²) in [6.45, 7) is 4.13. The molecule has 11 heavy (non-hydrogen) atoms. The SMILES string of the molecule is CCCC(=O)C(CC)CCO. The number of hydrogen-bond donors (Lipinski definition) is 1. The van der Waals surface area contributed by atoms with Gasteiger partial charge in [-0.1, -0.05) is 13.8 Å². The number of aliphatic hydroxyl groups is 1. The molecule has 66 valence electrons. The van der Waals surface area contributed by atoms with E-state index < -0.39 is 0 Å². The van der Waals surface area contributed by atoms with Crippen LogP contribution in [-0.2, 0) is 4.79 Å². The first-order valence-corrected chi connectivity index (χ1v) is 4.39. The van der Waals surface area contributed by atoms with Crippen LogP contribution in [0.1, 0.15) is 39.5 Å². The van der Waals surface area contributed by atoms with Crippen molar-refractivity contribution in [2.75, 3.05) is 6.61 Å². The van der Waals surface area contributed by atoms with E-state index in [1.165, 1.54) is 0 Å². The molecule has 1 unspecified atom stereocenters. The monoisotopic (exact) mass is 158 g/mol. The van der Waals surface area contributed by atoms with Gasteiger partial charge in [-0.25, -0.2) is 0 Å². The topological polar surface area (TPSA) is 37.3 Å². The number of aliphatic hydroxyl groups excluding tert-OH is 1. The third-order valence-electron chi connectivity index (χ3n) is 1.92. The molecule has 1 N–H and O–H groups in total. The fraction of sp³-hybridized carbons (Fsp3) is 0.889. The van der Waals surface area contributed by atoms with Crippen molar-refractivity contribution in [3.63, 3.8) is 0 Å². The van der Waals surface area contributed by atoms with Crippen LogP contribution >= 0.6 is 0 Å². The average molecular weight is 158 g/mol. The summed E-state index contributed by atoms with van der Waals surface area (Å²) in [4.78, 5) is 11.3. The number of rotatable bonds is 6. The first-order chi connectivity index (χ1) is 5.26. The van der Waals surface area contributed by atoms with Gasteiger partial charge < -0.3 is 5.11 Å². The second kappa shape index (κ2) is 6.35. The smallest absolute Gasteiger partial charge is 0.136 e. The van der Waals surface area contributed by atoms with Gasteiger partial charge in [0.1, 0.15) is 5.78 Å². The summed E-state index contributed by atoms with van der Waals surface area (Å²) in [7, 11) is 0. The van der Waals surface area contributed by atoms with E-state index in [1.807, 2.05) is 13.8 Å². The second-order valence-electron chi connectivity index (χ2n) is 2.83. The number of carbonyl (C=O) groups excluding carboxylic acids is 1. The van der Waals surface area contributed by atoms with E-state index in [9.17, 15) is 4.79 Å². The number of Topliss-reactive ketones (excluding diaryl/α,β-unsaturated/α-hetero) is 1. The van der Waals surface area contributed by atoms with Crippen molar-refractivity contribution in [3.05, 3.63) is 0 Å². The molecular formula is C9H18O2. The third-order valence-corrected chi connectivity index (χ3v) is 1.92. The Kier molecular flexibility index (Phi) is 6.13. The Bertz CT molecular complexity index is 110. The van der Waals surface area contributed by atoms with Gasteiger partial charge in [0.25, 0.3) is 0 Å². The standard InChI is InChI=1S/C9H18O2/c1-3-5-9(11)8(4-2)6-7-10/h8,10H,3-7H2,1-2H3. The van der Waals surface area contributed by atoms with Gasteiger partial charge in [0.05, 0.1) is 0 Å². The van der Waals surface area contributed by atoms with Crippen molar-refractivity contribution < 1.29 is 9.90 Å². The molecule has 0 radical (unpaired) electrons. The van der Waals surface area contributed by atoms with E-state index in [4.69, 9.17) is 5.11 Å². The molecule has 0 spiro atoms. The molecule has 2 nitrogen and oxygen atoms in total. The summed E-state index contributed by atoms with van der Waals surface area (Å²) in [5.74, 6) is 0.406. The maximum absolute atomic E-state index is 11.3. The van der Waals surface area contributed by atoms with Gasteiger partial charge >= 0.3 is 0 Å². The molecule has 0 amide bonds. The van der Waals surface area contributed by atoms with Gasteiger partial charge in [-0.15, -0.1) is 0 Å². The van der Waals surface area contributed by atoms with Gasteiger partial charge in [0, 0.05) is 18.9 Å². The first-order valence-electron chi connectivity index (χ1n) is 4.39. The fourth-order valence-corrected chi connectivity index (χ4v) is 1.20. The Hall–Kier alpha value is -0.370. The van der Waals surface area contributed by atoms with Crippen LogP contribution in [0.3, 0.4) is 0 Å². The molecule has 0 saturated carbocycles. The van der Waals surface area contributed by atoms with Crippen molar-refractivity contribution in [2.45, 2.75) is 39.5 Å². The second-order valence-corrected chi connectivity index (χ2v) is 2.83. The largest absolute Gasteiger partial charge is 0.396 e. The fourth-order valence-electron chi connectivity index (χ4n) is 1.20. The van der Waals surface area contributed by atoms with Crippen LogP contribution in [0, 0.1) is 5.92 Å². The van der Waals surface area contributed by atoms with Gasteiger partial charge in [0.2, 0.25) is 0 Å². The minimum Gasteiger partial charge on any atom is -0.396 e. The molecule has 0 aromatic heterocycles. The first kappa shape index (κ1) is 10.6. The van der Waals surface area contributed by atoms with Crippen molar-refractivity contribution in [2.24, 2.45) is 5.92 Å². The van der Waals surface area contributed by atoms with Crippen LogP contribution in [0.2, 0.25) is 0 Å². The molecule has 0 heterocycles. The maximum atomic E-state index is 11.3. The number of hydrogen-bond acceptors (Lipinski definition) is 2. The Morgan fingerprint density at radius 2 is 2.09 bits per heavy atom. The van der Waals surface area contributed by atoms with E-state index >= 15 is 0 Å². The third kappa shape index (κ3) is 4.14. The average Bonchev–Trinajstić information content (AvgIpc) is 2.00. The highest BCUT2D eigenvalue weighted by molar-refractivity contribution is 5.80. The normalized spacial score (nSPS) is 13.0. The van der Waals surface area contributed by atoms with Crippen molar-refractivity contribution in [1.82, 2.24) is 0 Å².